The monoisotopic (exact) mass is 243 g/mol. The first-order valence-corrected chi connectivity index (χ1v) is 5.81. The second-order valence-corrected chi connectivity index (χ2v) is 3.81. The van der Waals surface area contributed by atoms with E-state index in [2.05, 4.69) is 15.3 Å². The van der Waals surface area contributed by atoms with Crippen molar-refractivity contribution < 1.29 is 15.0 Å². The number of hydrogen-bond acceptors (Lipinski definition) is 6. The fourth-order valence-corrected chi connectivity index (χ4v) is 1.33. The van der Waals surface area contributed by atoms with Gasteiger partial charge in [-0.2, -0.15) is 0 Å². The topological polar surface area (TPSA) is 95.3 Å². The van der Waals surface area contributed by atoms with Crippen LogP contribution in [0.4, 0.5) is 0 Å². The minimum atomic E-state index is -1.08. The Hall–Kier alpha value is -1.18. The van der Waals surface area contributed by atoms with E-state index in [1.54, 1.807) is 12.4 Å². The number of carboxylic acids is 1. The fraction of sp³-hybridized carbons (Fsp3) is 0.444. The molecule has 7 heteroatoms. The maximum absolute atomic E-state index is 10.6. The van der Waals surface area contributed by atoms with E-state index in [0.29, 0.717) is 11.7 Å². The molecule has 0 aliphatic carbocycles. The van der Waals surface area contributed by atoms with Crippen LogP contribution in [0, 0.1) is 0 Å². The zero-order valence-corrected chi connectivity index (χ0v) is 9.57. The molecule has 0 amide bonds. The van der Waals surface area contributed by atoms with Gasteiger partial charge in [-0.25, -0.2) is 9.97 Å². The molecule has 0 spiro atoms. The SMILES string of the molecule is CSc1ncc(CNC(CO)C(=O)O)cn1. The Morgan fingerprint density at radius 3 is 2.62 bits per heavy atom. The van der Waals surface area contributed by atoms with Crippen LogP contribution in [0.2, 0.25) is 0 Å². The van der Waals surface area contributed by atoms with Crippen LogP contribution in [-0.4, -0.2) is 45.1 Å². The van der Waals surface area contributed by atoms with Crippen LogP contribution in [0.15, 0.2) is 17.6 Å². The molecule has 1 heterocycles. The van der Waals surface area contributed by atoms with Gasteiger partial charge < -0.3 is 10.2 Å². The molecule has 3 N–H and O–H groups in total. The maximum atomic E-state index is 10.6. The molecule has 0 fully saturated rings. The number of aromatic nitrogens is 2. The summed E-state index contributed by atoms with van der Waals surface area (Å²) in [6.07, 6.45) is 5.13. The van der Waals surface area contributed by atoms with Gasteiger partial charge in [0.25, 0.3) is 0 Å². The van der Waals surface area contributed by atoms with Gasteiger partial charge in [-0.05, 0) is 6.26 Å². The van der Waals surface area contributed by atoms with E-state index >= 15 is 0 Å². The second-order valence-electron chi connectivity index (χ2n) is 3.03. The molecule has 0 saturated heterocycles. The lowest BCUT2D eigenvalue weighted by Crippen LogP contribution is -2.39. The number of nitrogens with zero attached hydrogens (tertiary/aromatic N) is 2. The van der Waals surface area contributed by atoms with Crippen molar-refractivity contribution in [3.05, 3.63) is 18.0 Å². The summed E-state index contributed by atoms with van der Waals surface area (Å²) in [5, 5.41) is 20.8. The van der Waals surface area contributed by atoms with Crippen molar-refractivity contribution in [2.45, 2.75) is 17.7 Å². The number of carboxylic acid groups (broad SMARTS) is 1. The summed E-state index contributed by atoms with van der Waals surface area (Å²) in [7, 11) is 0. The lowest BCUT2D eigenvalue weighted by Gasteiger charge is -2.10. The molecule has 88 valence electrons. The number of aliphatic carboxylic acids is 1. The molecular weight excluding hydrogens is 230 g/mol. The third kappa shape index (κ3) is 3.76. The smallest absolute Gasteiger partial charge is 0.323 e. The number of carbonyl (C=O) groups is 1. The van der Waals surface area contributed by atoms with Gasteiger partial charge in [-0.3, -0.25) is 10.1 Å². The summed E-state index contributed by atoms with van der Waals surface area (Å²) >= 11 is 1.43. The highest BCUT2D eigenvalue weighted by molar-refractivity contribution is 7.98. The third-order valence-electron chi connectivity index (χ3n) is 1.90. The summed E-state index contributed by atoms with van der Waals surface area (Å²) in [4.78, 5) is 18.7. The Kier molecular flexibility index (Phi) is 5.17. The van der Waals surface area contributed by atoms with Gasteiger partial charge in [0, 0.05) is 24.5 Å². The van der Waals surface area contributed by atoms with Crippen LogP contribution in [-0.2, 0) is 11.3 Å². The predicted octanol–water partition coefficient (Wildman–Crippen LogP) is -0.266. The molecule has 6 nitrogen and oxygen atoms in total. The minimum absolute atomic E-state index is 0.312. The normalized spacial score (nSPS) is 12.4. The molecule has 0 bridgehead atoms. The summed E-state index contributed by atoms with van der Waals surface area (Å²) < 4.78 is 0. The highest BCUT2D eigenvalue weighted by Gasteiger charge is 2.14. The predicted molar refractivity (Wildman–Crippen MR) is 59.2 cm³/mol. The lowest BCUT2D eigenvalue weighted by atomic mass is 10.3. The molecule has 0 aliphatic rings. The van der Waals surface area contributed by atoms with E-state index in [0.717, 1.165) is 5.56 Å². The first-order valence-electron chi connectivity index (χ1n) is 4.59. The van der Waals surface area contributed by atoms with E-state index in [4.69, 9.17) is 10.2 Å². The van der Waals surface area contributed by atoms with Gasteiger partial charge in [0.2, 0.25) is 0 Å². The number of aliphatic hydroxyl groups excluding tert-OH is 1. The Morgan fingerprint density at radius 1 is 1.56 bits per heavy atom. The van der Waals surface area contributed by atoms with Crippen molar-refractivity contribution in [2.75, 3.05) is 12.9 Å². The van der Waals surface area contributed by atoms with Gasteiger partial charge in [-0.15, -0.1) is 0 Å². The minimum Gasteiger partial charge on any atom is -0.480 e. The Bertz CT molecular complexity index is 344. The third-order valence-corrected chi connectivity index (χ3v) is 2.47. The Labute approximate surface area is 97.1 Å². The quantitative estimate of drug-likeness (QED) is 0.467. The average Bonchev–Trinajstić information content (AvgIpc) is 2.30. The van der Waals surface area contributed by atoms with Gasteiger partial charge >= 0.3 is 5.97 Å². The average molecular weight is 243 g/mol. The molecule has 1 aromatic rings. The summed E-state index contributed by atoms with van der Waals surface area (Å²) in [5.41, 5.74) is 0.775. The number of hydrogen-bond donors (Lipinski definition) is 3. The van der Waals surface area contributed by atoms with Crippen molar-refractivity contribution in [3.8, 4) is 0 Å². The fourth-order valence-electron chi connectivity index (χ4n) is 1.01. The van der Waals surface area contributed by atoms with Gasteiger partial charge in [0.15, 0.2) is 5.16 Å². The molecule has 0 saturated carbocycles. The molecule has 1 unspecified atom stereocenters. The highest BCUT2D eigenvalue weighted by Crippen LogP contribution is 2.06. The molecular formula is C9H13N3O3S. The van der Waals surface area contributed by atoms with Crippen LogP contribution < -0.4 is 5.32 Å². The summed E-state index contributed by atoms with van der Waals surface area (Å²) in [6, 6.07) is -0.958. The summed E-state index contributed by atoms with van der Waals surface area (Å²) in [5.74, 6) is -1.08. The molecule has 0 aromatic carbocycles. The second kappa shape index (κ2) is 6.41. The number of thioether (sulfide) groups is 1. The molecule has 1 atom stereocenters. The van der Waals surface area contributed by atoms with Crippen molar-refractivity contribution in [1.82, 2.24) is 15.3 Å². The van der Waals surface area contributed by atoms with E-state index in [-0.39, 0.29) is 0 Å². The number of aliphatic hydroxyl groups is 1. The zero-order chi connectivity index (χ0) is 12.0. The van der Waals surface area contributed by atoms with Crippen LogP contribution in [0.5, 0.6) is 0 Å². The van der Waals surface area contributed by atoms with Crippen LogP contribution >= 0.6 is 11.8 Å². The first kappa shape index (κ1) is 12.9. The lowest BCUT2D eigenvalue weighted by molar-refractivity contribution is -0.140. The molecule has 1 aromatic heterocycles. The summed E-state index contributed by atoms with van der Waals surface area (Å²) in [6.45, 7) is -0.134. The Morgan fingerprint density at radius 2 is 2.19 bits per heavy atom. The molecule has 0 aliphatic heterocycles. The number of rotatable bonds is 6. The van der Waals surface area contributed by atoms with Crippen molar-refractivity contribution in [3.63, 3.8) is 0 Å². The zero-order valence-electron chi connectivity index (χ0n) is 8.75. The Balaban J connectivity index is 2.50. The van der Waals surface area contributed by atoms with Crippen LogP contribution in [0.1, 0.15) is 5.56 Å². The van der Waals surface area contributed by atoms with Crippen molar-refractivity contribution in [2.24, 2.45) is 0 Å². The van der Waals surface area contributed by atoms with Gasteiger partial charge in [0.1, 0.15) is 6.04 Å². The maximum Gasteiger partial charge on any atom is 0.323 e. The van der Waals surface area contributed by atoms with Gasteiger partial charge in [-0.1, -0.05) is 11.8 Å². The first-order chi connectivity index (χ1) is 7.67. The van der Waals surface area contributed by atoms with Crippen LogP contribution in [0.25, 0.3) is 0 Å². The van der Waals surface area contributed by atoms with Crippen molar-refractivity contribution >= 4 is 17.7 Å². The van der Waals surface area contributed by atoms with E-state index in [1.165, 1.54) is 11.8 Å². The standard InChI is InChI=1S/C9H13N3O3S/c1-16-9-11-3-6(4-12-9)2-10-7(5-13)8(14)15/h3-4,7,10,13H,2,5H2,1H3,(H,14,15). The number of nitrogens with one attached hydrogen (secondary N) is 1. The van der Waals surface area contributed by atoms with E-state index < -0.39 is 18.6 Å². The molecule has 0 radical (unpaired) electrons. The van der Waals surface area contributed by atoms with E-state index in [9.17, 15) is 4.79 Å². The van der Waals surface area contributed by atoms with Gasteiger partial charge in [0.05, 0.1) is 6.61 Å². The van der Waals surface area contributed by atoms with E-state index in [1.807, 2.05) is 6.26 Å². The molecule has 1 rings (SSSR count). The van der Waals surface area contributed by atoms with Crippen molar-refractivity contribution in [1.29, 1.82) is 0 Å². The largest absolute Gasteiger partial charge is 0.480 e. The van der Waals surface area contributed by atoms with Crippen LogP contribution in [0.3, 0.4) is 0 Å². The molecule has 16 heavy (non-hydrogen) atoms. The highest BCUT2D eigenvalue weighted by atomic mass is 32.2.